The lowest BCUT2D eigenvalue weighted by atomic mass is 10.1. The van der Waals surface area contributed by atoms with Crippen LogP contribution >= 0.6 is 0 Å². The third kappa shape index (κ3) is 1.21. The summed E-state index contributed by atoms with van der Waals surface area (Å²) in [6.07, 6.45) is 3.57. The average Bonchev–Trinajstić information content (AvgIpc) is 1.95. The summed E-state index contributed by atoms with van der Waals surface area (Å²) in [5, 5.41) is 9.25. The molecular formula is C8H12O2. The molecule has 0 saturated carbocycles. The molecule has 1 aliphatic heterocycles. The van der Waals surface area contributed by atoms with Crippen LogP contribution in [0, 0.1) is 0 Å². The normalized spacial score (nSPS) is 24.9. The molecule has 1 aliphatic rings. The summed E-state index contributed by atoms with van der Waals surface area (Å²) in [6, 6.07) is 0. The van der Waals surface area contributed by atoms with Crippen molar-refractivity contribution in [1.82, 2.24) is 0 Å². The Labute approximate surface area is 60.8 Å². The molecule has 0 fully saturated rings. The third-order valence-electron chi connectivity index (χ3n) is 1.68. The van der Waals surface area contributed by atoms with E-state index in [1.807, 2.05) is 13.8 Å². The van der Waals surface area contributed by atoms with Crippen molar-refractivity contribution < 1.29 is 9.84 Å². The highest BCUT2D eigenvalue weighted by atomic mass is 16.5. The van der Waals surface area contributed by atoms with Crippen molar-refractivity contribution in [3.8, 4) is 0 Å². The molecule has 0 saturated heterocycles. The first-order valence-corrected chi connectivity index (χ1v) is 3.46. The Morgan fingerprint density at radius 2 is 2.40 bits per heavy atom. The first kappa shape index (κ1) is 7.35. The Morgan fingerprint density at radius 3 is 2.90 bits per heavy atom. The second-order valence-electron chi connectivity index (χ2n) is 2.35. The Bertz CT molecular complexity index is 180. The zero-order chi connectivity index (χ0) is 7.56. The number of hydrogen-bond acceptors (Lipinski definition) is 2. The monoisotopic (exact) mass is 140 g/mol. The molecular weight excluding hydrogens is 128 g/mol. The Kier molecular flexibility index (Phi) is 2.12. The number of hydrogen-bond donors (Lipinski definition) is 1. The minimum atomic E-state index is -0.441. The van der Waals surface area contributed by atoms with E-state index in [-0.39, 0.29) is 0 Å². The van der Waals surface area contributed by atoms with Gasteiger partial charge in [-0.2, -0.15) is 0 Å². The van der Waals surface area contributed by atoms with E-state index in [4.69, 9.17) is 4.74 Å². The summed E-state index contributed by atoms with van der Waals surface area (Å²) in [6.45, 7) is 3.89. The highest BCUT2D eigenvalue weighted by molar-refractivity contribution is 5.19. The second kappa shape index (κ2) is 2.88. The number of rotatable bonds is 1. The number of aliphatic hydroxyl groups is 1. The molecule has 0 spiro atoms. The van der Waals surface area contributed by atoms with Crippen LogP contribution in [0.15, 0.2) is 23.7 Å². The highest BCUT2D eigenvalue weighted by Gasteiger charge is 2.12. The maximum Gasteiger partial charge on any atom is 0.105 e. The van der Waals surface area contributed by atoms with Gasteiger partial charge in [-0.3, -0.25) is 0 Å². The summed E-state index contributed by atoms with van der Waals surface area (Å²) >= 11 is 0. The van der Waals surface area contributed by atoms with Crippen LogP contribution in [-0.4, -0.2) is 11.2 Å². The van der Waals surface area contributed by atoms with Gasteiger partial charge in [-0.1, -0.05) is 6.92 Å². The summed E-state index contributed by atoms with van der Waals surface area (Å²) < 4.78 is 5.15. The van der Waals surface area contributed by atoms with Crippen molar-refractivity contribution in [3.63, 3.8) is 0 Å². The lowest BCUT2D eigenvalue weighted by Crippen LogP contribution is -2.11. The maximum atomic E-state index is 9.25. The molecule has 0 amide bonds. The molecule has 1 N–H and O–H groups in total. The van der Waals surface area contributed by atoms with Gasteiger partial charge in [0.1, 0.15) is 5.76 Å². The third-order valence-corrected chi connectivity index (χ3v) is 1.68. The van der Waals surface area contributed by atoms with Crippen LogP contribution in [0.4, 0.5) is 0 Å². The smallest absolute Gasteiger partial charge is 0.105 e. The van der Waals surface area contributed by atoms with Gasteiger partial charge in [0.05, 0.1) is 12.4 Å². The molecule has 1 heterocycles. The van der Waals surface area contributed by atoms with Gasteiger partial charge in [0.2, 0.25) is 0 Å². The molecule has 10 heavy (non-hydrogen) atoms. The second-order valence-corrected chi connectivity index (χ2v) is 2.35. The molecule has 2 heteroatoms. The molecule has 1 unspecified atom stereocenters. The van der Waals surface area contributed by atoms with E-state index >= 15 is 0 Å². The van der Waals surface area contributed by atoms with Crippen molar-refractivity contribution in [2.45, 2.75) is 26.4 Å². The van der Waals surface area contributed by atoms with Crippen LogP contribution < -0.4 is 0 Å². The highest BCUT2D eigenvalue weighted by Crippen LogP contribution is 2.18. The van der Waals surface area contributed by atoms with Crippen molar-refractivity contribution in [2.75, 3.05) is 0 Å². The molecule has 0 aromatic heterocycles. The first-order valence-electron chi connectivity index (χ1n) is 3.46. The van der Waals surface area contributed by atoms with Gasteiger partial charge < -0.3 is 9.84 Å². The summed E-state index contributed by atoms with van der Waals surface area (Å²) in [4.78, 5) is 0. The molecule has 0 bridgehead atoms. The van der Waals surface area contributed by atoms with E-state index in [1.165, 1.54) is 6.26 Å². The van der Waals surface area contributed by atoms with E-state index < -0.39 is 6.10 Å². The largest absolute Gasteiger partial charge is 0.470 e. The number of ether oxygens (including phenoxy) is 1. The van der Waals surface area contributed by atoms with Crippen LogP contribution in [-0.2, 0) is 4.74 Å². The summed E-state index contributed by atoms with van der Waals surface area (Å²) in [7, 11) is 0. The lowest BCUT2D eigenvalue weighted by Gasteiger charge is -2.16. The van der Waals surface area contributed by atoms with Gasteiger partial charge in [-0.25, -0.2) is 0 Å². The van der Waals surface area contributed by atoms with E-state index in [9.17, 15) is 5.11 Å². The standard InChI is InChI=1S/C8H12O2/c1-3-8-6(2)7(9)4-5-10-8/h4-5,7,9H,3H2,1-2H3. The fourth-order valence-electron chi connectivity index (χ4n) is 0.960. The molecule has 1 atom stereocenters. The molecule has 56 valence electrons. The van der Waals surface area contributed by atoms with Crippen LogP contribution in [0.3, 0.4) is 0 Å². The average molecular weight is 140 g/mol. The zero-order valence-electron chi connectivity index (χ0n) is 6.29. The number of allylic oxidation sites excluding steroid dienone is 1. The van der Waals surface area contributed by atoms with Crippen LogP contribution in [0.25, 0.3) is 0 Å². The van der Waals surface area contributed by atoms with Gasteiger partial charge in [-0.15, -0.1) is 0 Å². The van der Waals surface area contributed by atoms with Gasteiger partial charge in [0.25, 0.3) is 0 Å². The van der Waals surface area contributed by atoms with Crippen molar-refractivity contribution in [2.24, 2.45) is 0 Å². The fourth-order valence-corrected chi connectivity index (χ4v) is 0.960. The van der Waals surface area contributed by atoms with E-state index in [0.29, 0.717) is 0 Å². The van der Waals surface area contributed by atoms with Crippen molar-refractivity contribution >= 4 is 0 Å². The van der Waals surface area contributed by atoms with E-state index in [0.717, 1.165) is 17.8 Å². The van der Waals surface area contributed by atoms with Crippen molar-refractivity contribution in [1.29, 1.82) is 0 Å². The topological polar surface area (TPSA) is 29.5 Å². The maximum absolute atomic E-state index is 9.25. The first-order chi connectivity index (χ1) is 4.75. The fraction of sp³-hybridized carbons (Fsp3) is 0.500. The molecule has 1 rings (SSSR count). The Balaban J connectivity index is 2.77. The van der Waals surface area contributed by atoms with Gasteiger partial charge in [0, 0.05) is 6.42 Å². The SMILES string of the molecule is CCC1=C(C)C(O)C=CO1. The molecule has 2 nitrogen and oxygen atoms in total. The van der Waals surface area contributed by atoms with Gasteiger partial charge >= 0.3 is 0 Å². The van der Waals surface area contributed by atoms with Crippen LogP contribution in [0.1, 0.15) is 20.3 Å². The van der Waals surface area contributed by atoms with Crippen molar-refractivity contribution in [3.05, 3.63) is 23.7 Å². The predicted octanol–water partition coefficient (Wildman–Crippen LogP) is 1.58. The minimum absolute atomic E-state index is 0.441. The van der Waals surface area contributed by atoms with E-state index in [2.05, 4.69) is 0 Å². The molecule has 0 aliphatic carbocycles. The quantitative estimate of drug-likeness (QED) is 0.599. The molecule has 0 radical (unpaired) electrons. The Morgan fingerprint density at radius 1 is 1.70 bits per heavy atom. The minimum Gasteiger partial charge on any atom is -0.470 e. The predicted molar refractivity (Wildman–Crippen MR) is 39.2 cm³/mol. The molecule has 0 aromatic rings. The number of aliphatic hydroxyl groups excluding tert-OH is 1. The van der Waals surface area contributed by atoms with Gasteiger partial charge in [-0.05, 0) is 18.6 Å². The summed E-state index contributed by atoms with van der Waals surface area (Å²) in [5.41, 5.74) is 0.921. The lowest BCUT2D eigenvalue weighted by molar-refractivity contribution is 0.219. The van der Waals surface area contributed by atoms with E-state index in [1.54, 1.807) is 6.08 Å². The Hall–Kier alpha value is -0.760. The molecule has 0 aromatic carbocycles. The zero-order valence-corrected chi connectivity index (χ0v) is 6.29. The van der Waals surface area contributed by atoms with Crippen LogP contribution in [0.2, 0.25) is 0 Å². The van der Waals surface area contributed by atoms with Gasteiger partial charge in [0.15, 0.2) is 0 Å². The van der Waals surface area contributed by atoms with Crippen LogP contribution in [0.5, 0.6) is 0 Å². The summed E-state index contributed by atoms with van der Waals surface area (Å²) in [5.74, 6) is 0.884.